The van der Waals surface area contributed by atoms with Crippen LogP contribution >= 0.6 is 0 Å². The van der Waals surface area contributed by atoms with Crippen molar-refractivity contribution in [1.29, 1.82) is 0 Å². The Bertz CT molecular complexity index is 839. The lowest BCUT2D eigenvalue weighted by molar-refractivity contribution is -0.149. The van der Waals surface area contributed by atoms with Crippen LogP contribution in [0.4, 0.5) is 14.5 Å². The molecule has 0 saturated heterocycles. The van der Waals surface area contributed by atoms with Gasteiger partial charge in [0.2, 0.25) is 5.91 Å². The Morgan fingerprint density at radius 2 is 1.89 bits per heavy atom. The average molecular weight is 389 g/mol. The minimum atomic E-state index is -2.88. The molecule has 1 heterocycles. The molecule has 28 heavy (non-hydrogen) atoms. The van der Waals surface area contributed by atoms with E-state index in [1.807, 2.05) is 24.3 Å². The lowest BCUT2D eigenvalue weighted by Crippen LogP contribution is -2.30. The Balaban J connectivity index is 1.49. The van der Waals surface area contributed by atoms with Gasteiger partial charge in [-0.25, -0.2) is 0 Å². The first-order valence-corrected chi connectivity index (χ1v) is 9.05. The number of fused-ring (bicyclic) bond motifs is 1. The van der Waals surface area contributed by atoms with Crippen LogP contribution in [0.5, 0.6) is 5.75 Å². The van der Waals surface area contributed by atoms with Gasteiger partial charge in [-0.15, -0.1) is 0 Å². The highest BCUT2D eigenvalue weighted by molar-refractivity contribution is 5.95. The van der Waals surface area contributed by atoms with E-state index in [0.29, 0.717) is 18.4 Å². The fourth-order valence-electron chi connectivity index (χ4n) is 3.18. The van der Waals surface area contributed by atoms with Crippen LogP contribution in [0.3, 0.4) is 0 Å². The molecule has 0 bridgehead atoms. The molecule has 1 N–H and O–H groups in total. The van der Waals surface area contributed by atoms with Gasteiger partial charge in [0.1, 0.15) is 11.9 Å². The number of anilines is 1. The van der Waals surface area contributed by atoms with Crippen LogP contribution in [0.2, 0.25) is 0 Å². The smallest absolute Gasteiger partial charge is 0.387 e. The van der Waals surface area contributed by atoms with Gasteiger partial charge in [-0.2, -0.15) is 8.78 Å². The summed E-state index contributed by atoms with van der Waals surface area (Å²) < 4.78 is 34.0. The van der Waals surface area contributed by atoms with Crippen molar-refractivity contribution >= 4 is 17.6 Å². The third-order valence-corrected chi connectivity index (χ3v) is 4.69. The molecule has 0 aliphatic carbocycles. The zero-order valence-corrected chi connectivity index (χ0v) is 15.4. The summed E-state index contributed by atoms with van der Waals surface area (Å²) >= 11 is 0. The summed E-state index contributed by atoms with van der Waals surface area (Å²) in [6, 6.07) is 13.5. The summed E-state index contributed by atoms with van der Waals surface area (Å²) in [5, 5.41) is 2.86. The number of carbonyl (C=O) groups excluding carboxylic acids is 2. The molecule has 5 nitrogen and oxygen atoms in total. The van der Waals surface area contributed by atoms with Gasteiger partial charge >= 0.3 is 12.6 Å². The van der Waals surface area contributed by atoms with Crippen molar-refractivity contribution in [2.75, 3.05) is 5.32 Å². The molecule has 2 atom stereocenters. The van der Waals surface area contributed by atoms with Gasteiger partial charge in [0.05, 0.1) is 0 Å². The van der Waals surface area contributed by atoms with Gasteiger partial charge in [0, 0.05) is 18.0 Å². The van der Waals surface area contributed by atoms with Gasteiger partial charge in [-0.05, 0) is 49.1 Å². The molecule has 7 heteroatoms. The highest BCUT2D eigenvalue weighted by Crippen LogP contribution is 2.28. The molecule has 0 saturated carbocycles. The molecule has 1 amide bonds. The zero-order valence-electron chi connectivity index (χ0n) is 15.4. The van der Waals surface area contributed by atoms with Crippen molar-refractivity contribution < 1.29 is 27.8 Å². The van der Waals surface area contributed by atoms with E-state index in [1.54, 1.807) is 19.1 Å². The van der Waals surface area contributed by atoms with Crippen molar-refractivity contribution in [3.05, 3.63) is 59.7 Å². The average Bonchev–Trinajstić information content (AvgIpc) is 2.66. The van der Waals surface area contributed by atoms with E-state index in [0.717, 1.165) is 11.3 Å². The molecule has 3 rings (SSSR count). The van der Waals surface area contributed by atoms with Crippen molar-refractivity contribution in [2.24, 2.45) is 5.92 Å². The molecule has 148 valence electrons. The number of para-hydroxylation sites is 1. The topological polar surface area (TPSA) is 64.6 Å². The third kappa shape index (κ3) is 5.06. The molecule has 0 radical (unpaired) electrons. The predicted octanol–water partition coefficient (Wildman–Crippen LogP) is 4.48. The molecule has 0 aromatic heterocycles. The van der Waals surface area contributed by atoms with E-state index in [2.05, 4.69) is 10.1 Å². The Morgan fingerprint density at radius 1 is 1.18 bits per heavy atom. The summed E-state index contributed by atoms with van der Waals surface area (Å²) in [7, 11) is 0. The number of esters is 1. The number of ether oxygens (including phenoxy) is 2. The third-order valence-electron chi connectivity index (χ3n) is 4.69. The molecular weight excluding hydrogens is 368 g/mol. The van der Waals surface area contributed by atoms with Crippen molar-refractivity contribution in [2.45, 2.75) is 38.9 Å². The lowest BCUT2D eigenvalue weighted by Gasteiger charge is -2.24. The second-order valence-corrected chi connectivity index (χ2v) is 6.67. The zero-order chi connectivity index (χ0) is 20.1. The van der Waals surface area contributed by atoms with Gasteiger partial charge in [-0.1, -0.05) is 30.3 Å². The summed E-state index contributed by atoms with van der Waals surface area (Å²) in [5.41, 5.74) is 2.54. The second kappa shape index (κ2) is 8.82. The first kappa shape index (κ1) is 19.8. The maximum absolute atomic E-state index is 12.2. The van der Waals surface area contributed by atoms with Crippen LogP contribution < -0.4 is 10.1 Å². The first-order valence-electron chi connectivity index (χ1n) is 9.05. The van der Waals surface area contributed by atoms with E-state index in [4.69, 9.17) is 4.74 Å². The molecule has 2 aromatic carbocycles. The van der Waals surface area contributed by atoms with Crippen LogP contribution in [0.1, 0.15) is 37.0 Å². The molecule has 0 spiro atoms. The van der Waals surface area contributed by atoms with Gasteiger partial charge in [-0.3, -0.25) is 9.59 Å². The Labute approximate surface area is 161 Å². The fraction of sp³-hybridized carbons (Fsp3) is 0.333. The minimum absolute atomic E-state index is 0.0425. The molecule has 1 aliphatic heterocycles. The summed E-state index contributed by atoms with van der Waals surface area (Å²) in [6.07, 6.45) is 0.578. The van der Waals surface area contributed by atoms with Gasteiger partial charge in [0.15, 0.2) is 0 Å². The first-order chi connectivity index (χ1) is 13.4. The van der Waals surface area contributed by atoms with Crippen LogP contribution in [0.15, 0.2) is 48.5 Å². The SMILES string of the molecule is CC(OC(=O)CCC1Cc2ccccc2NC1=O)c1ccc(OC(F)F)cc1. The molecule has 0 fully saturated rings. The maximum Gasteiger partial charge on any atom is 0.387 e. The van der Waals surface area contributed by atoms with E-state index >= 15 is 0 Å². The Hall–Kier alpha value is -2.96. The van der Waals surface area contributed by atoms with Crippen LogP contribution in [-0.4, -0.2) is 18.5 Å². The number of alkyl halides is 2. The minimum Gasteiger partial charge on any atom is -0.458 e. The summed E-state index contributed by atoms with van der Waals surface area (Å²) in [5.74, 6) is -0.731. The monoisotopic (exact) mass is 389 g/mol. The largest absolute Gasteiger partial charge is 0.458 e. The van der Waals surface area contributed by atoms with Crippen LogP contribution in [0, 0.1) is 5.92 Å². The van der Waals surface area contributed by atoms with E-state index < -0.39 is 18.7 Å². The molecular formula is C21H21F2NO4. The van der Waals surface area contributed by atoms with Crippen LogP contribution in [-0.2, 0) is 20.7 Å². The maximum atomic E-state index is 12.2. The fourth-order valence-corrected chi connectivity index (χ4v) is 3.18. The van der Waals surface area contributed by atoms with Gasteiger partial charge in [0.25, 0.3) is 0 Å². The highest BCUT2D eigenvalue weighted by atomic mass is 19.3. The number of halogens is 2. The second-order valence-electron chi connectivity index (χ2n) is 6.67. The Kier molecular flexibility index (Phi) is 6.23. The quantitative estimate of drug-likeness (QED) is 0.709. The van der Waals surface area contributed by atoms with E-state index in [9.17, 15) is 18.4 Å². The van der Waals surface area contributed by atoms with Gasteiger partial charge < -0.3 is 14.8 Å². The van der Waals surface area contributed by atoms with Crippen molar-refractivity contribution in [1.82, 2.24) is 0 Å². The number of carbonyl (C=O) groups is 2. The summed E-state index contributed by atoms with van der Waals surface area (Å²) in [6.45, 7) is -1.19. The Morgan fingerprint density at radius 3 is 2.61 bits per heavy atom. The molecule has 2 aromatic rings. The normalized spacial score (nSPS) is 16.9. The number of amides is 1. The highest BCUT2D eigenvalue weighted by Gasteiger charge is 2.26. The number of nitrogens with one attached hydrogen (secondary N) is 1. The van der Waals surface area contributed by atoms with Crippen molar-refractivity contribution in [3.8, 4) is 5.75 Å². The number of rotatable bonds is 7. The molecule has 1 aliphatic rings. The molecule has 2 unspecified atom stereocenters. The van der Waals surface area contributed by atoms with Crippen LogP contribution in [0.25, 0.3) is 0 Å². The van der Waals surface area contributed by atoms with E-state index in [-0.39, 0.29) is 24.0 Å². The van der Waals surface area contributed by atoms with Crippen molar-refractivity contribution in [3.63, 3.8) is 0 Å². The number of hydrogen-bond acceptors (Lipinski definition) is 4. The number of hydrogen-bond donors (Lipinski definition) is 1. The summed E-state index contributed by atoms with van der Waals surface area (Å²) in [4.78, 5) is 24.3. The standard InChI is InChI=1S/C21H21F2NO4/c1-13(14-6-9-17(10-7-14)28-21(22)23)27-19(25)11-8-16-12-15-4-2-3-5-18(15)24-20(16)26/h2-7,9-10,13,16,21H,8,11-12H2,1H3,(H,24,26). The predicted molar refractivity (Wildman–Crippen MR) is 99.1 cm³/mol. The van der Waals surface area contributed by atoms with E-state index in [1.165, 1.54) is 12.1 Å². The number of benzene rings is 2. The lowest BCUT2D eigenvalue weighted by atomic mass is 9.90.